The SMILES string of the molecule is c1ccc(N(c2ccc3ccccc3c2)c2c3ccccc3c(N(c3ccccc3)c3ccc4ccccc4c3)c3c2oc2ccccc23)cc1. The summed E-state index contributed by atoms with van der Waals surface area (Å²) in [5, 5.41) is 9.16. The van der Waals surface area contributed by atoms with Gasteiger partial charge in [-0.05, 0) is 76.1 Å². The topological polar surface area (TPSA) is 19.6 Å². The van der Waals surface area contributed by atoms with Crippen molar-refractivity contribution in [3.05, 3.63) is 194 Å². The van der Waals surface area contributed by atoms with Crippen LogP contribution in [0.4, 0.5) is 34.1 Å². The first-order chi connectivity index (χ1) is 25.3. The highest BCUT2D eigenvalue weighted by molar-refractivity contribution is 6.28. The lowest BCUT2D eigenvalue weighted by Gasteiger charge is -2.31. The molecular weight excluding hydrogens is 621 g/mol. The van der Waals surface area contributed by atoms with Gasteiger partial charge in [-0.15, -0.1) is 0 Å². The van der Waals surface area contributed by atoms with Crippen LogP contribution in [-0.4, -0.2) is 0 Å². The Bertz CT molecular complexity index is 2880. The van der Waals surface area contributed by atoms with E-state index in [0.717, 1.165) is 66.8 Å². The molecule has 0 atom stereocenters. The van der Waals surface area contributed by atoms with Crippen molar-refractivity contribution in [3.8, 4) is 0 Å². The molecule has 10 rings (SSSR count). The van der Waals surface area contributed by atoms with Crippen molar-refractivity contribution in [1.29, 1.82) is 0 Å². The molecule has 0 unspecified atom stereocenters. The zero-order valence-corrected chi connectivity index (χ0v) is 27.8. The summed E-state index contributed by atoms with van der Waals surface area (Å²) >= 11 is 0. The lowest BCUT2D eigenvalue weighted by Crippen LogP contribution is -2.14. The Morgan fingerprint density at radius 3 is 1.31 bits per heavy atom. The van der Waals surface area contributed by atoms with E-state index in [1.165, 1.54) is 21.5 Å². The normalized spacial score (nSPS) is 11.5. The van der Waals surface area contributed by atoms with Crippen LogP contribution < -0.4 is 9.80 Å². The quantitative estimate of drug-likeness (QED) is 0.167. The maximum Gasteiger partial charge on any atom is 0.162 e. The summed E-state index contributed by atoms with van der Waals surface area (Å²) in [6.45, 7) is 0. The Balaban J connectivity index is 1.36. The van der Waals surface area contributed by atoms with E-state index in [2.05, 4.69) is 204 Å². The molecule has 0 spiro atoms. The number of anilines is 6. The summed E-state index contributed by atoms with van der Waals surface area (Å²) in [4.78, 5) is 4.78. The molecule has 0 aliphatic carbocycles. The molecule has 0 amide bonds. The van der Waals surface area contributed by atoms with Gasteiger partial charge in [0.1, 0.15) is 5.58 Å². The number of para-hydroxylation sites is 3. The molecular formula is C48H32N2O. The first-order valence-corrected chi connectivity index (χ1v) is 17.4. The maximum atomic E-state index is 7.07. The van der Waals surface area contributed by atoms with E-state index < -0.39 is 0 Å². The summed E-state index contributed by atoms with van der Waals surface area (Å²) in [5.74, 6) is 0. The molecule has 51 heavy (non-hydrogen) atoms. The standard InChI is InChI=1S/C48H32N2O/c1-3-19-37(20-4-1)49(39-29-27-33-15-7-9-17-35(33)31-39)46-41-23-11-12-24-42(41)47(48-45(46)43-25-13-14-26-44(43)51-48)50(38-21-5-2-6-22-38)40-30-28-34-16-8-10-18-36(34)32-40/h1-32H. The van der Waals surface area contributed by atoms with E-state index in [1.807, 2.05) is 0 Å². The van der Waals surface area contributed by atoms with Crippen LogP contribution in [0.3, 0.4) is 0 Å². The second-order valence-corrected chi connectivity index (χ2v) is 12.9. The Kier molecular flexibility index (Phi) is 6.81. The van der Waals surface area contributed by atoms with Gasteiger partial charge in [-0.1, -0.05) is 140 Å². The molecule has 3 nitrogen and oxygen atoms in total. The maximum absolute atomic E-state index is 7.07. The second-order valence-electron chi connectivity index (χ2n) is 12.9. The molecule has 9 aromatic carbocycles. The molecule has 0 saturated carbocycles. The molecule has 0 aliphatic rings. The second kappa shape index (κ2) is 11.9. The van der Waals surface area contributed by atoms with Gasteiger partial charge in [0.25, 0.3) is 0 Å². The zero-order chi connectivity index (χ0) is 33.7. The summed E-state index contributed by atoms with van der Waals surface area (Å²) in [6, 6.07) is 69.1. The highest BCUT2D eigenvalue weighted by Gasteiger charge is 2.29. The van der Waals surface area contributed by atoms with Gasteiger partial charge in [-0.25, -0.2) is 0 Å². The van der Waals surface area contributed by atoms with Gasteiger partial charge in [0.2, 0.25) is 0 Å². The van der Waals surface area contributed by atoms with Crippen molar-refractivity contribution < 1.29 is 4.42 Å². The van der Waals surface area contributed by atoms with E-state index in [0.29, 0.717) is 0 Å². The van der Waals surface area contributed by atoms with Gasteiger partial charge < -0.3 is 14.2 Å². The number of rotatable bonds is 6. The predicted octanol–water partition coefficient (Wildman–Crippen LogP) is 14.0. The minimum Gasteiger partial charge on any atom is -0.454 e. The summed E-state index contributed by atoms with van der Waals surface area (Å²) in [6.07, 6.45) is 0. The van der Waals surface area contributed by atoms with Crippen molar-refractivity contribution in [2.75, 3.05) is 9.80 Å². The molecule has 0 N–H and O–H groups in total. The van der Waals surface area contributed by atoms with Crippen molar-refractivity contribution in [2.45, 2.75) is 0 Å². The van der Waals surface area contributed by atoms with Crippen molar-refractivity contribution in [1.82, 2.24) is 0 Å². The van der Waals surface area contributed by atoms with Crippen LogP contribution >= 0.6 is 0 Å². The van der Waals surface area contributed by atoms with E-state index in [-0.39, 0.29) is 0 Å². The van der Waals surface area contributed by atoms with Crippen molar-refractivity contribution >= 4 is 88.4 Å². The molecule has 0 fully saturated rings. The number of hydrogen-bond acceptors (Lipinski definition) is 3. The molecule has 10 aromatic rings. The van der Waals surface area contributed by atoms with Crippen LogP contribution in [0.25, 0.3) is 54.3 Å². The highest BCUT2D eigenvalue weighted by Crippen LogP contribution is 2.53. The van der Waals surface area contributed by atoms with Crippen molar-refractivity contribution in [2.24, 2.45) is 0 Å². The molecule has 0 saturated heterocycles. The molecule has 0 bridgehead atoms. The third-order valence-corrected chi connectivity index (χ3v) is 9.94. The third-order valence-electron chi connectivity index (χ3n) is 9.94. The molecule has 1 aromatic heterocycles. The fourth-order valence-corrected chi connectivity index (χ4v) is 7.65. The molecule has 0 aliphatic heterocycles. The fourth-order valence-electron chi connectivity index (χ4n) is 7.65. The first-order valence-electron chi connectivity index (χ1n) is 17.4. The van der Waals surface area contributed by atoms with Crippen LogP contribution in [0.1, 0.15) is 0 Å². The molecule has 1 heterocycles. The van der Waals surface area contributed by atoms with Gasteiger partial charge in [0.05, 0.1) is 16.8 Å². The van der Waals surface area contributed by atoms with E-state index >= 15 is 0 Å². The van der Waals surface area contributed by atoms with Gasteiger partial charge >= 0.3 is 0 Å². The Hall–Kier alpha value is -6.84. The smallest absolute Gasteiger partial charge is 0.162 e. The number of nitrogens with zero attached hydrogens (tertiary/aromatic N) is 2. The van der Waals surface area contributed by atoms with Gasteiger partial charge in [0, 0.05) is 38.9 Å². The van der Waals surface area contributed by atoms with E-state index in [4.69, 9.17) is 4.42 Å². The number of benzene rings is 9. The number of furan rings is 1. The largest absolute Gasteiger partial charge is 0.454 e. The molecule has 0 radical (unpaired) electrons. The average molecular weight is 653 g/mol. The average Bonchev–Trinajstić information content (AvgIpc) is 3.59. The zero-order valence-electron chi connectivity index (χ0n) is 27.8. The van der Waals surface area contributed by atoms with Crippen LogP contribution in [0.2, 0.25) is 0 Å². The lowest BCUT2D eigenvalue weighted by molar-refractivity contribution is 0.669. The highest BCUT2D eigenvalue weighted by atomic mass is 16.3. The number of hydrogen-bond donors (Lipinski definition) is 0. The van der Waals surface area contributed by atoms with E-state index in [1.54, 1.807) is 0 Å². The van der Waals surface area contributed by atoms with Crippen molar-refractivity contribution in [3.63, 3.8) is 0 Å². The Morgan fingerprint density at radius 1 is 0.314 bits per heavy atom. The van der Waals surface area contributed by atoms with Crippen LogP contribution in [0.15, 0.2) is 199 Å². The first kappa shape index (κ1) is 29.1. The Labute approximate surface area is 295 Å². The minimum absolute atomic E-state index is 0.837. The summed E-state index contributed by atoms with van der Waals surface area (Å²) < 4.78 is 7.07. The summed E-state index contributed by atoms with van der Waals surface area (Å²) in [5.41, 5.74) is 8.06. The minimum atomic E-state index is 0.837. The number of fused-ring (bicyclic) bond motifs is 6. The fraction of sp³-hybridized carbons (Fsp3) is 0. The van der Waals surface area contributed by atoms with Crippen LogP contribution in [-0.2, 0) is 0 Å². The Morgan fingerprint density at radius 2 is 0.745 bits per heavy atom. The molecule has 3 heteroatoms. The van der Waals surface area contributed by atoms with E-state index in [9.17, 15) is 0 Å². The molecule has 240 valence electrons. The van der Waals surface area contributed by atoms with Gasteiger partial charge in [0.15, 0.2) is 5.58 Å². The van der Waals surface area contributed by atoms with Crippen LogP contribution in [0, 0.1) is 0 Å². The predicted molar refractivity (Wildman–Crippen MR) is 216 cm³/mol. The summed E-state index contributed by atoms with van der Waals surface area (Å²) in [7, 11) is 0. The van der Waals surface area contributed by atoms with Crippen LogP contribution in [0.5, 0.6) is 0 Å². The monoisotopic (exact) mass is 652 g/mol. The lowest BCUT2D eigenvalue weighted by atomic mass is 9.97. The third kappa shape index (κ3) is 4.82. The van der Waals surface area contributed by atoms with Gasteiger partial charge in [-0.3, -0.25) is 0 Å². The van der Waals surface area contributed by atoms with Gasteiger partial charge in [-0.2, -0.15) is 0 Å².